The minimum absolute atomic E-state index is 0.635. The largest absolute Gasteiger partial charge is 0.192 e. The molecular formula is C85H49NS4. The predicted octanol–water partition coefficient (Wildman–Crippen LogP) is 26.0. The molecular weight excluding hydrogens is 1160 g/mol. The lowest BCUT2D eigenvalue weighted by Crippen LogP contribution is -1.94. The van der Waals surface area contributed by atoms with Gasteiger partial charge < -0.3 is 0 Å². The molecule has 0 amide bonds. The highest BCUT2D eigenvalue weighted by molar-refractivity contribution is 7.27. The van der Waals surface area contributed by atoms with Gasteiger partial charge in [-0.05, 0) is 168 Å². The van der Waals surface area contributed by atoms with E-state index in [-0.39, 0.29) is 0 Å². The SMILES string of the molecule is N#Cc1c(-c2cccc(-c3cccc4c3sc3ccccc34)c2)cc(-c2cc(-c3cccc(-c4cccc5c4sc4ccccc45)c3)cc(-c3cccc(-c4cccc5c4sc4ccccc45)c3)c2)cc1-c1cccc(-c2cccc3c2sc2ccccc23)c1. The van der Waals surface area contributed by atoms with Crippen LogP contribution in [-0.2, 0) is 0 Å². The van der Waals surface area contributed by atoms with Gasteiger partial charge in [-0.2, -0.15) is 5.26 Å². The number of nitriles is 1. The van der Waals surface area contributed by atoms with Crippen LogP contribution in [0.1, 0.15) is 5.56 Å². The van der Waals surface area contributed by atoms with Gasteiger partial charge in [0.15, 0.2) is 0 Å². The van der Waals surface area contributed by atoms with Crippen molar-refractivity contribution in [3.05, 3.63) is 303 Å². The monoisotopic (exact) mass is 1210 g/mol. The quantitative estimate of drug-likeness (QED) is 0.141. The third-order valence-electron chi connectivity index (χ3n) is 18.1. The molecule has 0 aliphatic heterocycles. The van der Waals surface area contributed by atoms with Gasteiger partial charge in [-0.1, -0.05) is 218 Å². The van der Waals surface area contributed by atoms with Gasteiger partial charge in [-0.15, -0.1) is 45.3 Å². The zero-order valence-corrected chi connectivity index (χ0v) is 51.6. The summed E-state index contributed by atoms with van der Waals surface area (Å²) in [4.78, 5) is 0. The van der Waals surface area contributed by atoms with E-state index < -0.39 is 0 Å². The van der Waals surface area contributed by atoms with Crippen molar-refractivity contribution in [1.82, 2.24) is 0 Å². The molecule has 0 fully saturated rings. The summed E-state index contributed by atoms with van der Waals surface area (Å²) in [6.45, 7) is 0. The third-order valence-corrected chi connectivity index (χ3v) is 23.0. The summed E-state index contributed by atoms with van der Waals surface area (Å²) in [5.41, 5.74) is 20.3. The van der Waals surface area contributed by atoms with Crippen LogP contribution >= 0.6 is 45.3 Å². The summed E-state index contributed by atoms with van der Waals surface area (Å²) in [7, 11) is 0. The van der Waals surface area contributed by atoms with Crippen molar-refractivity contribution in [1.29, 1.82) is 5.26 Å². The Morgan fingerprint density at radius 3 is 0.722 bits per heavy atom. The van der Waals surface area contributed by atoms with Crippen molar-refractivity contribution < 1.29 is 0 Å². The van der Waals surface area contributed by atoms with Gasteiger partial charge in [0.25, 0.3) is 0 Å². The van der Waals surface area contributed by atoms with Crippen molar-refractivity contribution in [2.24, 2.45) is 0 Å². The summed E-state index contributed by atoms with van der Waals surface area (Å²) in [6.07, 6.45) is 0. The molecule has 0 atom stereocenters. The van der Waals surface area contributed by atoms with E-state index in [2.05, 4.69) is 303 Å². The van der Waals surface area contributed by atoms with Crippen molar-refractivity contribution in [2.45, 2.75) is 0 Å². The van der Waals surface area contributed by atoms with E-state index >= 15 is 0 Å². The fraction of sp³-hybridized carbons (Fsp3) is 0. The summed E-state index contributed by atoms with van der Waals surface area (Å²) in [5.74, 6) is 0. The molecule has 0 saturated carbocycles. The molecule has 18 rings (SSSR count). The molecule has 14 aromatic carbocycles. The first-order chi connectivity index (χ1) is 44.5. The fourth-order valence-electron chi connectivity index (χ4n) is 13.9. The second kappa shape index (κ2) is 21.4. The van der Waals surface area contributed by atoms with Gasteiger partial charge in [-0.25, -0.2) is 0 Å². The molecule has 0 spiro atoms. The highest BCUT2D eigenvalue weighted by Gasteiger charge is 2.21. The summed E-state index contributed by atoms with van der Waals surface area (Å²) < 4.78 is 10.2. The van der Waals surface area contributed by atoms with Crippen molar-refractivity contribution in [3.8, 4) is 106 Å². The van der Waals surface area contributed by atoms with Gasteiger partial charge in [0.2, 0.25) is 0 Å². The van der Waals surface area contributed by atoms with Gasteiger partial charge in [0.05, 0.1) is 5.56 Å². The lowest BCUT2D eigenvalue weighted by atomic mass is 9.85. The second-order valence-electron chi connectivity index (χ2n) is 23.3. The standard InChI is InChI=1S/C85H49NS4/c86-50-77-75(57-23-11-21-55(43-57)65-31-15-35-73-69-27-3-7-39-80(69)89-84(65)73)48-62(49-76(77)58-24-12-22-56(44-58)66-32-16-36-74-70-28-4-8-40-81(70)90-85(66)74)61-46-59(51-17-9-19-53(41-51)63-29-13-33-71-67-25-1-5-37-78(67)87-82(63)71)45-60(47-61)52-18-10-20-54(42-52)64-30-14-34-72-68-26-2-6-38-79(68)88-83(64)72/h1-49H. The van der Waals surface area contributed by atoms with Crippen LogP contribution in [0.25, 0.3) is 181 Å². The van der Waals surface area contributed by atoms with E-state index in [0.29, 0.717) is 5.56 Å². The van der Waals surface area contributed by atoms with Crippen LogP contribution < -0.4 is 0 Å². The molecule has 0 unspecified atom stereocenters. The number of rotatable bonds is 9. The maximum absolute atomic E-state index is 11.8. The van der Waals surface area contributed by atoms with Crippen molar-refractivity contribution in [3.63, 3.8) is 0 Å². The van der Waals surface area contributed by atoms with Crippen molar-refractivity contribution in [2.75, 3.05) is 0 Å². The van der Waals surface area contributed by atoms with Gasteiger partial charge >= 0.3 is 0 Å². The lowest BCUT2D eigenvalue weighted by Gasteiger charge is -2.18. The Balaban J connectivity index is 0.858. The molecule has 18 aromatic rings. The average molecular weight is 1210 g/mol. The van der Waals surface area contributed by atoms with Gasteiger partial charge in [0.1, 0.15) is 6.07 Å². The zero-order valence-electron chi connectivity index (χ0n) is 48.4. The molecule has 0 aliphatic carbocycles. The zero-order chi connectivity index (χ0) is 59.4. The molecule has 0 N–H and O–H groups in total. The third kappa shape index (κ3) is 8.75. The topological polar surface area (TPSA) is 23.8 Å². The Morgan fingerprint density at radius 2 is 0.411 bits per heavy atom. The molecule has 1 nitrogen and oxygen atoms in total. The van der Waals surface area contributed by atoms with Gasteiger partial charge in [-0.3, -0.25) is 0 Å². The van der Waals surface area contributed by atoms with Crippen molar-refractivity contribution >= 4 is 126 Å². The molecule has 5 heteroatoms. The van der Waals surface area contributed by atoms with Gasteiger partial charge in [0, 0.05) is 91.8 Å². The number of hydrogen-bond acceptors (Lipinski definition) is 5. The molecule has 418 valence electrons. The van der Waals surface area contributed by atoms with Crippen LogP contribution in [0.2, 0.25) is 0 Å². The Kier molecular flexibility index (Phi) is 12.5. The fourth-order valence-corrected chi connectivity index (χ4v) is 18.8. The maximum Gasteiger partial charge on any atom is 0.100 e. The molecule has 0 radical (unpaired) electrons. The Hall–Kier alpha value is -10.6. The minimum atomic E-state index is 0.635. The summed E-state index contributed by atoms with van der Waals surface area (Å²) in [5, 5.41) is 22.0. The molecule has 90 heavy (non-hydrogen) atoms. The van der Waals surface area contributed by atoms with E-state index in [0.717, 1.165) is 66.8 Å². The van der Waals surface area contributed by atoms with Crippen LogP contribution in [0, 0.1) is 11.3 Å². The molecule has 0 aliphatic rings. The number of fused-ring (bicyclic) bond motifs is 12. The molecule has 0 bridgehead atoms. The Morgan fingerprint density at radius 1 is 0.189 bits per heavy atom. The van der Waals surface area contributed by atoms with Crippen LogP contribution in [0.5, 0.6) is 0 Å². The minimum Gasteiger partial charge on any atom is -0.192 e. The van der Waals surface area contributed by atoms with E-state index in [1.165, 1.54) is 114 Å². The summed E-state index contributed by atoms with van der Waals surface area (Å²) >= 11 is 7.42. The normalized spacial score (nSPS) is 11.8. The van der Waals surface area contributed by atoms with Crippen LogP contribution in [0.4, 0.5) is 0 Å². The Labute approximate surface area is 536 Å². The van der Waals surface area contributed by atoms with Crippen LogP contribution in [-0.4, -0.2) is 0 Å². The lowest BCUT2D eigenvalue weighted by molar-refractivity contribution is 1.46. The summed E-state index contributed by atoms with van der Waals surface area (Å²) in [6, 6.07) is 112. The second-order valence-corrected chi connectivity index (χ2v) is 27.5. The number of benzene rings is 14. The highest BCUT2D eigenvalue weighted by Crippen LogP contribution is 2.48. The maximum atomic E-state index is 11.8. The number of thiophene rings is 4. The smallest absolute Gasteiger partial charge is 0.100 e. The molecule has 4 heterocycles. The van der Waals surface area contributed by atoms with E-state index in [1.54, 1.807) is 0 Å². The highest BCUT2D eigenvalue weighted by atomic mass is 32.1. The first kappa shape index (κ1) is 52.6. The average Bonchev–Trinajstić information content (AvgIpc) is 4.60. The number of hydrogen-bond donors (Lipinski definition) is 0. The Bertz CT molecular complexity index is 5660. The van der Waals surface area contributed by atoms with E-state index in [4.69, 9.17) is 0 Å². The van der Waals surface area contributed by atoms with E-state index in [1.807, 2.05) is 45.3 Å². The number of nitrogens with zero attached hydrogens (tertiary/aromatic N) is 1. The first-order valence-corrected chi connectivity index (χ1v) is 33.6. The van der Waals surface area contributed by atoms with Crippen LogP contribution in [0.3, 0.4) is 0 Å². The van der Waals surface area contributed by atoms with Crippen LogP contribution in [0.15, 0.2) is 297 Å². The van der Waals surface area contributed by atoms with E-state index in [9.17, 15) is 5.26 Å². The molecule has 0 saturated heterocycles. The predicted molar refractivity (Wildman–Crippen MR) is 392 cm³/mol. The molecule has 4 aromatic heterocycles. The first-order valence-electron chi connectivity index (χ1n) is 30.3.